The highest BCUT2D eigenvalue weighted by atomic mass is 32.1. The first kappa shape index (κ1) is 6.81. The Morgan fingerprint density at radius 1 is 1.67 bits per heavy atom. The summed E-state index contributed by atoms with van der Waals surface area (Å²) in [5, 5.41) is 7.02. The van der Waals surface area contributed by atoms with Gasteiger partial charge >= 0.3 is 0 Å². The van der Waals surface area contributed by atoms with Crippen LogP contribution in [0.25, 0.3) is 0 Å². The molecule has 1 aliphatic carbocycles. The third-order valence-corrected chi connectivity index (χ3v) is 1.51. The predicted molar refractivity (Wildman–Crippen MR) is 42.4 cm³/mol. The van der Waals surface area contributed by atoms with Crippen LogP contribution in [0, 0.1) is 0 Å². The molecule has 52 valence electrons. The van der Waals surface area contributed by atoms with E-state index < -0.39 is 0 Å². The van der Waals surface area contributed by atoms with Crippen LogP contribution in [0.4, 0.5) is 0 Å². The highest BCUT2D eigenvalue weighted by Gasteiger charge is 2.21. The van der Waals surface area contributed by atoms with Crippen LogP contribution in [-0.4, -0.2) is 17.7 Å². The Morgan fingerprint density at radius 3 is 2.78 bits per heavy atom. The molecule has 0 radical (unpaired) electrons. The predicted octanol–water partition coefficient (Wildman–Crippen LogP) is 0.633. The molecule has 0 aromatic rings. The quantitative estimate of drug-likeness (QED) is 0.556. The highest BCUT2D eigenvalue weighted by Crippen LogP contribution is 2.18. The first-order valence-corrected chi connectivity index (χ1v) is 3.78. The minimum Gasteiger partial charge on any atom is -0.363 e. The summed E-state index contributed by atoms with van der Waals surface area (Å²) in [5.41, 5.74) is 0. The Hall–Kier alpha value is -0.310. The van der Waals surface area contributed by atoms with Gasteiger partial charge in [0.2, 0.25) is 0 Å². The molecule has 0 aliphatic heterocycles. The standard InChI is InChI=1S/C6H12N2S/c1-2-7-6(9)8-5-3-4-5/h5H,2-4H2,1H3,(H2,7,8,9). The molecule has 0 spiro atoms. The summed E-state index contributed by atoms with van der Waals surface area (Å²) >= 11 is 4.95. The normalized spacial score (nSPS) is 17.0. The van der Waals surface area contributed by atoms with Crippen LogP contribution in [0.5, 0.6) is 0 Å². The van der Waals surface area contributed by atoms with Crippen LogP contribution in [0.15, 0.2) is 0 Å². The second-order valence-corrected chi connectivity index (χ2v) is 2.69. The Kier molecular flexibility index (Phi) is 2.28. The molecule has 0 aromatic carbocycles. The van der Waals surface area contributed by atoms with E-state index in [1.54, 1.807) is 0 Å². The minimum absolute atomic E-state index is 0.677. The number of rotatable bonds is 2. The summed E-state index contributed by atoms with van der Waals surface area (Å²) in [7, 11) is 0. The van der Waals surface area contributed by atoms with Crippen molar-refractivity contribution in [3.05, 3.63) is 0 Å². The third-order valence-electron chi connectivity index (χ3n) is 1.25. The molecule has 1 saturated carbocycles. The van der Waals surface area contributed by atoms with Crippen LogP contribution in [0.3, 0.4) is 0 Å². The van der Waals surface area contributed by atoms with E-state index in [4.69, 9.17) is 12.2 Å². The van der Waals surface area contributed by atoms with Crippen LogP contribution < -0.4 is 10.6 Å². The fraction of sp³-hybridized carbons (Fsp3) is 0.833. The largest absolute Gasteiger partial charge is 0.363 e. The Morgan fingerprint density at radius 2 is 2.33 bits per heavy atom. The number of thiocarbonyl (C=S) groups is 1. The van der Waals surface area contributed by atoms with E-state index in [-0.39, 0.29) is 0 Å². The fourth-order valence-electron chi connectivity index (χ4n) is 0.625. The average molecular weight is 144 g/mol. The topological polar surface area (TPSA) is 24.1 Å². The molecule has 0 heterocycles. The molecule has 9 heavy (non-hydrogen) atoms. The molecule has 0 unspecified atom stereocenters. The van der Waals surface area contributed by atoms with E-state index in [0.29, 0.717) is 6.04 Å². The van der Waals surface area contributed by atoms with Crippen LogP contribution in [0.2, 0.25) is 0 Å². The average Bonchev–Trinajstić information content (AvgIpc) is 2.50. The third kappa shape index (κ3) is 2.65. The zero-order valence-corrected chi connectivity index (χ0v) is 6.42. The van der Waals surface area contributed by atoms with Crippen molar-refractivity contribution < 1.29 is 0 Å². The Bertz CT molecular complexity index is 110. The smallest absolute Gasteiger partial charge is 0.166 e. The molecule has 2 nitrogen and oxygen atoms in total. The first-order chi connectivity index (χ1) is 4.33. The summed E-state index contributed by atoms with van der Waals surface area (Å²) in [6, 6.07) is 0.677. The van der Waals surface area contributed by atoms with Crippen molar-refractivity contribution >= 4 is 17.3 Å². The second-order valence-electron chi connectivity index (χ2n) is 2.28. The van der Waals surface area contributed by atoms with Gasteiger partial charge in [0.25, 0.3) is 0 Å². The van der Waals surface area contributed by atoms with Gasteiger partial charge in [0, 0.05) is 12.6 Å². The molecule has 0 saturated heterocycles. The Balaban J connectivity index is 2.02. The van der Waals surface area contributed by atoms with Gasteiger partial charge in [-0.15, -0.1) is 0 Å². The lowest BCUT2D eigenvalue weighted by atomic mass is 10.7. The van der Waals surface area contributed by atoms with Gasteiger partial charge in [-0.05, 0) is 32.0 Å². The molecule has 1 rings (SSSR count). The number of hydrogen-bond donors (Lipinski definition) is 2. The second kappa shape index (κ2) is 3.01. The lowest BCUT2D eigenvalue weighted by Gasteiger charge is -2.05. The van der Waals surface area contributed by atoms with Gasteiger partial charge in [0.05, 0.1) is 0 Å². The minimum atomic E-state index is 0.677. The summed E-state index contributed by atoms with van der Waals surface area (Å²) in [6.45, 7) is 2.96. The monoisotopic (exact) mass is 144 g/mol. The molecular formula is C6H12N2S. The fourth-order valence-corrected chi connectivity index (χ4v) is 0.936. The van der Waals surface area contributed by atoms with Gasteiger partial charge < -0.3 is 10.6 Å². The van der Waals surface area contributed by atoms with Gasteiger partial charge in [-0.2, -0.15) is 0 Å². The molecule has 1 fully saturated rings. The summed E-state index contributed by atoms with van der Waals surface area (Å²) in [5.74, 6) is 0. The van der Waals surface area contributed by atoms with E-state index in [2.05, 4.69) is 10.6 Å². The van der Waals surface area contributed by atoms with Gasteiger partial charge in [-0.1, -0.05) is 0 Å². The number of nitrogens with one attached hydrogen (secondary N) is 2. The highest BCUT2D eigenvalue weighted by molar-refractivity contribution is 7.80. The van der Waals surface area contributed by atoms with E-state index in [1.165, 1.54) is 12.8 Å². The van der Waals surface area contributed by atoms with Gasteiger partial charge in [0.1, 0.15) is 0 Å². The van der Waals surface area contributed by atoms with E-state index in [1.807, 2.05) is 6.92 Å². The molecule has 0 bridgehead atoms. The van der Waals surface area contributed by atoms with E-state index >= 15 is 0 Å². The van der Waals surface area contributed by atoms with Gasteiger partial charge in [0.15, 0.2) is 5.11 Å². The zero-order valence-electron chi connectivity index (χ0n) is 5.61. The lowest BCUT2D eigenvalue weighted by Crippen LogP contribution is -2.36. The lowest BCUT2D eigenvalue weighted by molar-refractivity contribution is 0.850. The maximum absolute atomic E-state index is 4.95. The van der Waals surface area contributed by atoms with Crippen molar-refractivity contribution in [1.29, 1.82) is 0 Å². The summed E-state index contributed by atoms with van der Waals surface area (Å²) in [4.78, 5) is 0. The van der Waals surface area contributed by atoms with E-state index in [0.717, 1.165) is 11.7 Å². The van der Waals surface area contributed by atoms with Gasteiger partial charge in [-0.3, -0.25) is 0 Å². The molecule has 3 heteroatoms. The van der Waals surface area contributed by atoms with Crippen molar-refractivity contribution in [3.8, 4) is 0 Å². The van der Waals surface area contributed by atoms with Crippen molar-refractivity contribution in [2.45, 2.75) is 25.8 Å². The van der Waals surface area contributed by atoms with Crippen molar-refractivity contribution in [2.75, 3.05) is 6.54 Å². The first-order valence-electron chi connectivity index (χ1n) is 3.37. The molecule has 0 amide bonds. The van der Waals surface area contributed by atoms with Crippen molar-refractivity contribution in [1.82, 2.24) is 10.6 Å². The maximum Gasteiger partial charge on any atom is 0.166 e. The van der Waals surface area contributed by atoms with E-state index in [9.17, 15) is 0 Å². The van der Waals surface area contributed by atoms with Crippen molar-refractivity contribution in [3.63, 3.8) is 0 Å². The maximum atomic E-state index is 4.95. The van der Waals surface area contributed by atoms with Gasteiger partial charge in [-0.25, -0.2) is 0 Å². The zero-order chi connectivity index (χ0) is 6.69. The molecule has 1 aliphatic rings. The SMILES string of the molecule is CCNC(=S)NC1CC1. The summed E-state index contributed by atoms with van der Waals surface area (Å²) in [6.07, 6.45) is 2.57. The van der Waals surface area contributed by atoms with Crippen LogP contribution >= 0.6 is 12.2 Å². The van der Waals surface area contributed by atoms with Crippen LogP contribution in [0.1, 0.15) is 19.8 Å². The molecule has 2 N–H and O–H groups in total. The number of hydrogen-bond acceptors (Lipinski definition) is 1. The Labute approximate surface area is 61.0 Å². The molecule has 0 atom stereocenters. The van der Waals surface area contributed by atoms with Crippen LogP contribution in [-0.2, 0) is 0 Å². The van der Waals surface area contributed by atoms with Crippen molar-refractivity contribution in [2.24, 2.45) is 0 Å². The summed E-state index contributed by atoms with van der Waals surface area (Å²) < 4.78 is 0. The molecular weight excluding hydrogens is 132 g/mol. The molecule has 0 aromatic heterocycles.